The van der Waals surface area contributed by atoms with Crippen molar-refractivity contribution in [2.45, 2.75) is 31.8 Å². The third-order valence-electron chi connectivity index (χ3n) is 5.43. The van der Waals surface area contributed by atoms with E-state index in [4.69, 9.17) is 21.1 Å². The molecular formula is C22H22ClNO4. The first-order valence-electron chi connectivity index (χ1n) is 9.43. The molecule has 2 aliphatic heterocycles. The van der Waals surface area contributed by atoms with Crippen molar-refractivity contribution in [3.63, 3.8) is 0 Å². The molecule has 0 N–H and O–H groups in total. The number of amides is 1. The van der Waals surface area contributed by atoms with Gasteiger partial charge in [-0.05, 0) is 42.8 Å². The molecule has 5 nitrogen and oxygen atoms in total. The molecule has 0 unspecified atom stereocenters. The SMILES string of the molecule is Cc1cccc(OCC(=O)N2CCC3(CC2)CC(=O)c2cc(Cl)ccc2O3)c1. The first-order valence-corrected chi connectivity index (χ1v) is 9.81. The van der Waals surface area contributed by atoms with Crippen molar-refractivity contribution in [1.82, 2.24) is 4.90 Å². The molecule has 0 radical (unpaired) electrons. The predicted octanol–water partition coefficient (Wildman–Crippen LogP) is 4.05. The van der Waals surface area contributed by atoms with Crippen molar-refractivity contribution >= 4 is 23.3 Å². The maximum Gasteiger partial charge on any atom is 0.260 e. The molecule has 2 aliphatic rings. The Balaban J connectivity index is 1.36. The van der Waals surface area contributed by atoms with Crippen molar-refractivity contribution < 1.29 is 19.1 Å². The average Bonchev–Trinajstić information content (AvgIpc) is 2.67. The normalized spacial score (nSPS) is 17.8. The maximum absolute atomic E-state index is 12.6. The van der Waals surface area contributed by atoms with Gasteiger partial charge in [0.15, 0.2) is 12.4 Å². The van der Waals surface area contributed by atoms with E-state index in [1.54, 1.807) is 23.1 Å². The molecule has 0 bridgehead atoms. The van der Waals surface area contributed by atoms with Crippen LogP contribution in [0.4, 0.5) is 0 Å². The number of hydrogen-bond donors (Lipinski definition) is 0. The molecule has 6 heteroatoms. The summed E-state index contributed by atoms with van der Waals surface area (Å²) in [6.45, 7) is 3.09. The number of Topliss-reactive ketones (excluding diaryl/α,β-unsaturated/α-hetero) is 1. The van der Waals surface area contributed by atoms with Gasteiger partial charge in [-0.15, -0.1) is 0 Å². The van der Waals surface area contributed by atoms with Crippen LogP contribution in [-0.2, 0) is 4.79 Å². The lowest BCUT2D eigenvalue weighted by atomic mass is 9.82. The van der Waals surface area contributed by atoms with Gasteiger partial charge in [-0.25, -0.2) is 0 Å². The fourth-order valence-electron chi connectivity index (χ4n) is 3.85. The van der Waals surface area contributed by atoms with Crippen LogP contribution in [0.25, 0.3) is 0 Å². The number of ether oxygens (including phenoxy) is 2. The second-order valence-corrected chi connectivity index (χ2v) is 7.95. The number of carbonyl (C=O) groups excluding carboxylic acids is 2. The molecule has 1 amide bonds. The standard InChI is InChI=1S/C22H22ClNO4/c1-15-3-2-4-17(11-15)27-14-21(26)24-9-7-22(8-10-24)13-19(25)18-12-16(23)5-6-20(18)28-22/h2-6,11-12H,7-10,13-14H2,1H3. The monoisotopic (exact) mass is 399 g/mol. The van der Waals surface area contributed by atoms with Crippen molar-refractivity contribution in [2.75, 3.05) is 19.7 Å². The van der Waals surface area contributed by atoms with E-state index in [2.05, 4.69) is 0 Å². The lowest BCUT2D eigenvalue weighted by molar-refractivity contribution is -0.136. The predicted molar refractivity (Wildman–Crippen MR) is 106 cm³/mol. The van der Waals surface area contributed by atoms with E-state index < -0.39 is 5.60 Å². The Labute approximate surface area is 169 Å². The van der Waals surface area contributed by atoms with Crippen LogP contribution in [0.2, 0.25) is 5.02 Å². The minimum Gasteiger partial charge on any atom is -0.486 e. The van der Waals surface area contributed by atoms with Crippen LogP contribution in [0.1, 0.15) is 35.2 Å². The maximum atomic E-state index is 12.6. The number of likely N-dealkylation sites (tertiary alicyclic amines) is 1. The zero-order valence-corrected chi connectivity index (χ0v) is 16.5. The quantitative estimate of drug-likeness (QED) is 0.781. The average molecular weight is 400 g/mol. The lowest BCUT2D eigenvalue weighted by Gasteiger charge is -2.43. The van der Waals surface area contributed by atoms with Gasteiger partial charge in [-0.1, -0.05) is 23.7 Å². The van der Waals surface area contributed by atoms with Gasteiger partial charge in [0.1, 0.15) is 17.1 Å². The van der Waals surface area contributed by atoms with Crippen molar-refractivity contribution in [2.24, 2.45) is 0 Å². The zero-order valence-electron chi connectivity index (χ0n) is 15.7. The number of nitrogens with zero attached hydrogens (tertiary/aromatic N) is 1. The van der Waals surface area contributed by atoms with Crippen molar-refractivity contribution in [3.8, 4) is 11.5 Å². The largest absolute Gasteiger partial charge is 0.486 e. The van der Waals surface area contributed by atoms with Gasteiger partial charge in [0.2, 0.25) is 0 Å². The number of fused-ring (bicyclic) bond motifs is 1. The summed E-state index contributed by atoms with van der Waals surface area (Å²) in [7, 11) is 0. The fourth-order valence-corrected chi connectivity index (χ4v) is 4.02. The molecule has 28 heavy (non-hydrogen) atoms. The van der Waals surface area contributed by atoms with Crippen LogP contribution in [0.3, 0.4) is 0 Å². The van der Waals surface area contributed by atoms with Crippen molar-refractivity contribution in [3.05, 3.63) is 58.6 Å². The van der Waals surface area contributed by atoms with Gasteiger partial charge in [0.05, 0.1) is 12.0 Å². The molecule has 4 rings (SSSR count). The van der Waals surface area contributed by atoms with Gasteiger partial charge in [-0.2, -0.15) is 0 Å². The third kappa shape index (κ3) is 3.85. The summed E-state index contributed by atoms with van der Waals surface area (Å²) >= 11 is 5.99. The molecule has 2 heterocycles. The van der Waals surface area contributed by atoms with Crippen LogP contribution in [-0.4, -0.2) is 41.9 Å². The molecule has 0 saturated carbocycles. The van der Waals surface area contributed by atoms with Crippen LogP contribution >= 0.6 is 11.6 Å². The van der Waals surface area contributed by atoms with E-state index in [0.29, 0.717) is 54.4 Å². The summed E-state index contributed by atoms with van der Waals surface area (Å²) < 4.78 is 11.8. The van der Waals surface area contributed by atoms with Crippen LogP contribution in [0.5, 0.6) is 11.5 Å². The van der Waals surface area contributed by atoms with Gasteiger partial charge in [0, 0.05) is 31.0 Å². The minimum atomic E-state index is -0.536. The van der Waals surface area contributed by atoms with Crippen LogP contribution in [0.15, 0.2) is 42.5 Å². The molecule has 0 aromatic heterocycles. The second-order valence-electron chi connectivity index (χ2n) is 7.51. The molecule has 1 saturated heterocycles. The van der Waals surface area contributed by atoms with E-state index in [0.717, 1.165) is 5.56 Å². The van der Waals surface area contributed by atoms with Crippen LogP contribution < -0.4 is 9.47 Å². The Morgan fingerprint density at radius 1 is 1.21 bits per heavy atom. The first kappa shape index (κ1) is 18.8. The van der Waals surface area contributed by atoms with Gasteiger partial charge in [-0.3, -0.25) is 9.59 Å². The highest BCUT2D eigenvalue weighted by atomic mass is 35.5. The molecule has 2 aromatic rings. The molecule has 1 spiro atoms. The molecule has 1 fully saturated rings. The number of ketones is 1. The fraction of sp³-hybridized carbons (Fsp3) is 0.364. The highest BCUT2D eigenvalue weighted by Crippen LogP contribution is 2.40. The highest BCUT2D eigenvalue weighted by Gasteiger charge is 2.43. The topological polar surface area (TPSA) is 55.8 Å². The van der Waals surface area contributed by atoms with E-state index in [9.17, 15) is 9.59 Å². The molecule has 0 atom stereocenters. The summed E-state index contributed by atoms with van der Waals surface area (Å²) in [5.41, 5.74) is 1.10. The second kappa shape index (κ2) is 7.47. The highest BCUT2D eigenvalue weighted by molar-refractivity contribution is 6.31. The Bertz CT molecular complexity index is 919. The van der Waals surface area contributed by atoms with Crippen molar-refractivity contribution in [1.29, 1.82) is 0 Å². The van der Waals surface area contributed by atoms with E-state index in [1.807, 2.05) is 31.2 Å². The number of rotatable bonds is 3. The van der Waals surface area contributed by atoms with E-state index in [1.165, 1.54) is 0 Å². The van der Waals surface area contributed by atoms with E-state index in [-0.39, 0.29) is 18.3 Å². The molecule has 0 aliphatic carbocycles. The Morgan fingerprint density at radius 2 is 2.00 bits per heavy atom. The Hall–Kier alpha value is -2.53. The van der Waals surface area contributed by atoms with Crippen LogP contribution in [0, 0.1) is 6.92 Å². The Morgan fingerprint density at radius 3 is 2.75 bits per heavy atom. The summed E-state index contributed by atoms with van der Waals surface area (Å²) in [6.07, 6.45) is 1.57. The summed E-state index contributed by atoms with van der Waals surface area (Å²) in [5, 5.41) is 0.528. The summed E-state index contributed by atoms with van der Waals surface area (Å²) in [4.78, 5) is 26.9. The Kier molecular flexibility index (Phi) is 5.02. The van der Waals surface area contributed by atoms with Gasteiger partial charge in [0.25, 0.3) is 5.91 Å². The molecular weight excluding hydrogens is 378 g/mol. The number of benzene rings is 2. The molecule has 146 valence electrons. The number of piperidine rings is 1. The number of carbonyl (C=O) groups is 2. The lowest BCUT2D eigenvalue weighted by Crippen LogP contribution is -2.53. The number of halogens is 1. The van der Waals surface area contributed by atoms with E-state index >= 15 is 0 Å². The number of aryl methyl sites for hydroxylation is 1. The number of hydrogen-bond acceptors (Lipinski definition) is 4. The van der Waals surface area contributed by atoms with Gasteiger partial charge < -0.3 is 14.4 Å². The summed E-state index contributed by atoms with van der Waals surface area (Å²) in [5.74, 6) is 1.28. The first-order chi connectivity index (χ1) is 13.4. The smallest absolute Gasteiger partial charge is 0.260 e. The third-order valence-corrected chi connectivity index (χ3v) is 5.67. The molecule has 2 aromatic carbocycles. The zero-order chi connectivity index (χ0) is 19.7. The minimum absolute atomic E-state index is 0.0115. The van der Waals surface area contributed by atoms with Gasteiger partial charge >= 0.3 is 0 Å². The summed E-state index contributed by atoms with van der Waals surface area (Å²) in [6, 6.07) is 12.8.